The number of nitriles is 1. The lowest BCUT2D eigenvalue weighted by Crippen LogP contribution is -1.99. The highest BCUT2D eigenvalue weighted by molar-refractivity contribution is 5.86. The van der Waals surface area contributed by atoms with E-state index in [2.05, 4.69) is 16.0 Å². The van der Waals surface area contributed by atoms with Crippen LogP contribution in [0.2, 0.25) is 0 Å². The molecule has 0 amide bonds. The van der Waals surface area contributed by atoms with E-state index in [4.69, 9.17) is 10.00 Å². The molecule has 4 aromatic rings. The van der Waals surface area contributed by atoms with E-state index < -0.39 is 0 Å². The maximum Gasteiger partial charge on any atom is 0.145 e. The van der Waals surface area contributed by atoms with E-state index in [1.54, 1.807) is 51.0 Å². The van der Waals surface area contributed by atoms with E-state index in [0.717, 1.165) is 27.9 Å². The second-order valence-corrected chi connectivity index (χ2v) is 6.14. The Kier molecular flexibility index (Phi) is 3.98. The molecular weight excluding hydrogens is 340 g/mol. The molecule has 0 unspecified atom stereocenters. The van der Waals surface area contributed by atoms with Gasteiger partial charge in [0.1, 0.15) is 17.0 Å². The minimum Gasteiger partial charge on any atom is -0.506 e. The summed E-state index contributed by atoms with van der Waals surface area (Å²) in [6.07, 6.45) is 5.16. The largest absolute Gasteiger partial charge is 0.506 e. The van der Waals surface area contributed by atoms with Gasteiger partial charge in [0.15, 0.2) is 0 Å². The van der Waals surface area contributed by atoms with E-state index >= 15 is 0 Å². The van der Waals surface area contributed by atoms with E-state index in [1.165, 1.54) is 0 Å². The molecule has 0 fully saturated rings. The molecule has 1 aromatic carbocycles. The maximum atomic E-state index is 10.2. The molecule has 0 atom stereocenters. The SMILES string of the molecule is COc1cc(-c2ccc(C#N)cc2)c(-c2cnc(C)c(O)c2)n2cncc12. The standard InChI is InChI=1S/C21H16N4O2/c1-13-19(26)7-16(10-24-13)21-17(15-5-3-14(9-22)4-6-15)8-20(27-2)18-11-23-12-25(18)21/h3-8,10-12,26H,1-2H3. The molecule has 3 heterocycles. The van der Waals surface area contributed by atoms with Gasteiger partial charge in [-0.3, -0.25) is 9.38 Å². The number of benzene rings is 1. The van der Waals surface area contributed by atoms with Gasteiger partial charge in [0.25, 0.3) is 0 Å². The van der Waals surface area contributed by atoms with Gasteiger partial charge in [0, 0.05) is 17.3 Å². The number of rotatable bonds is 3. The molecule has 3 aromatic heterocycles. The number of hydrogen-bond donors (Lipinski definition) is 1. The predicted octanol–water partition coefficient (Wildman–Crippen LogP) is 3.96. The maximum absolute atomic E-state index is 10.2. The molecule has 0 saturated carbocycles. The fourth-order valence-electron chi connectivity index (χ4n) is 3.11. The van der Waals surface area contributed by atoms with Crippen molar-refractivity contribution in [3.05, 3.63) is 66.4 Å². The molecule has 27 heavy (non-hydrogen) atoms. The number of ether oxygens (including phenoxy) is 1. The summed E-state index contributed by atoms with van der Waals surface area (Å²) in [6, 6.07) is 13.1. The Morgan fingerprint density at radius 1 is 1.11 bits per heavy atom. The fraction of sp³-hybridized carbons (Fsp3) is 0.0952. The molecule has 0 aliphatic heterocycles. The Morgan fingerprint density at radius 3 is 2.56 bits per heavy atom. The van der Waals surface area contributed by atoms with Crippen LogP contribution in [0.4, 0.5) is 0 Å². The molecule has 132 valence electrons. The van der Waals surface area contributed by atoms with Crippen molar-refractivity contribution < 1.29 is 9.84 Å². The van der Waals surface area contributed by atoms with Crippen LogP contribution in [0.15, 0.2) is 55.1 Å². The topological polar surface area (TPSA) is 83.4 Å². The quantitative estimate of drug-likeness (QED) is 0.601. The summed E-state index contributed by atoms with van der Waals surface area (Å²) < 4.78 is 7.46. The highest BCUT2D eigenvalue weighted by Crippen LogP contribution is 2.38. The van der Waals surface area contributed by atoms with Gasteiger partial charge >= 0.3 is 0 Å². The first-order chi connectivity index (χ1) is 13.1. The Bertz CT molecular complexity index is 1190. The molecule has 4 rings (SSSR count). The number of fused-ring (bicyclic) bond motifs is 1. The lowest BCUT2D eigenvalue weighted by molar-refractivity contribution is 0.418. The van der Waals surface area contributed by atoms with Crippen molar-refractivity contribution in [2.75, 3.05) is 7.11 Å². The van der Waals surface area contributed by atoms with Gasteiger partial charge in [0.2, 0.25) is 0 Å². The highest BCUT2D eigenvalue weighted by atomic mass is 16.5. The number of aromatic nitrogens is 3. The van der Waals surface area contributed by atoms with Crippen LogP contribution in [0, 0.1) is 18.3 Å². The molecular formula is C21H16N4O2. The monoisotopic (exact) mass is 356 g/mol. The number of hydrogen-bond acceptors (Lipinski definition) is 5. The number of aromatic hydroxyl groups is 1. The average Bonchev–Trinajstić information content (AvgIpc) is 3.19. The van der Waals surface area contributed by atoms with E-state index in [9.17, 15) is 5.11 Å². The molecule has 0 aliphatic carbocycles. The first-order valence-corrected chi connectivity index (χ1v) is 8.32. The van der Waals surface area contributed by atoms with Crippen LogP contribution in [-0.2, 0) is 0 Å². The number of methoxy groups -OCH3 is 1. The summed E-state index contributed by atoms with van der Waals surface area (Å²) in [7, 11) is 1.61. The van der Waals surface area contributed by atoms with Gasteiger partial charge < -0.3 is 9.84 Å². The molecule has 6 nitrogen and oxygen atoms in total. The van der Waals surface area contributed by atoms with Crippen molar-refractivity contribution in [3.8, 4) is 40.0 Å². The van der Waals surface area contributed by atoms with Crippen molar-refractivity contribution in [2.24, 2.45) is 0 Å². The number of aryl methyl sites for hydroxylation is 1. The summed E-state index contributed by atoms with van der Waals surface area (Å²) in [6.45, 7) is 1.75. The Hall–Kier alpha value is -3.85. The molecule has 6 heteroatoms. The van der Waals surface area contributed by atoms with Crippen molar-refractivity contribution in [2.45, 2.75) is 6.92 Å². The van der Waals surface area contributed by atoms with Crippen molar-refractivity contribution in [3.63, 3.8) is 0 Å². The molecule has 0 saturated heterocycles. The third-order valence-electron chi connectivity index (χ3n) is 4.54. The molecule has 0 spiro atoms. The van der Waals surface area contributed by atoms with Crippen LogP contribution >= 0.6 is 0 Å². The first kappa shape index (κ1) is 16.6. The van der Waals surface area contributed by atoms with Gasteiger partial charge in [-0.05, 0) is 36.8 Å². The second kappa shape index (κ2) is 6.46. The highest BCUT2D eigenvalue weighted by Gasteiger charge is 2.17. The predicted molar refractivity (Wildman–Crippen MR) is 102 cm³/mol. The van der Waals surface area contributed by atoms with E-state index in [-0.39, 0.29) is 5.75 Å². The third-order valence-corrected chi connectivity index (χ3v) is 4.54. The third kappa shape index (κ3) is 2.75. The molecule has 1 N–H and O–H groups in total. The van der Waals surface area contributed by atoms with Crippen LogP contribution in [0.25, 0.3) is 27.9 Å². The smallest absolute Gasteiger partial charge is 0.145 e. The molecule has 0 bridgehead atoms. The van der Waals surface area contributed by atoms with Gasteiger partial charge in [-0.25, -0.2) is 4.98 Å². The first-order valence-electron chi connectivity index (χ1n) is 8.32. The summed E-state index contributed by atoms with van der Waals surface area (Å²) >= 11 is 0. The van der Waals surface area contributed by atoms with Gasteiger partial charge in [-0.15, -0.1) is 0 Å². The second-order valence-electron chi connectivity index (χ2n) is 6.14. The number of pyridine rings is 2. The molecule has 0 radical (unpaired) electrons. The minimum absolute atomic E-state index is 0.127. The number of nitrogens with zero attached hydrogens (tertiary/aromatic N) is 4. The van der Waals surface area contributed by atoms with Crippen LogP contribution in [0.1, 0.15) is 11.3 Å². The zero-order valence-electron chi connectivity index (χ0n) is 14.8. The zero-order chi connectivity index (χ0) is 19.0. The van der Waals surface area contributed by atoms with Gasteiger partial charge in [0.05, 0.1) is 42.7 Å². The van der Waals surface area contributed by atoms with Crippen molar-refractivity contribution >= 4 is 5.52 Å². The average molecular weight is 356 g/mol. The Balaban J connectivity index is 2.06. The van der Waals surface area contributed by atoms with Crippen LogP contribution in [0.3, 0.4) is 0 Å². The van der Waals surface area contributed by atoms with Crippen LogP contribution in [0.5, 0.6) is 11.5 Å². The minimum atomic E-state index is 0.127. The van der Waals surface area contributed by atoms with E-state index in [0.29, 0.717) is 17.0 Å². The summed E-state index contributed by atoms with van der Waals surface area (Å²) in [5, 5.41) is 19.2. The Morgan fingerprint density at radius 2 is 1.89 bits per heavy atom. The van der Waals surface area contributed by atoms with E-state index in [1.807, 2.05) is 22.6 Å². The Labute approximate surface area is 155 Å². The van der Waals surface area contributed by atoms with Crippen molar-refractivity contribution in [1.82, 2.24) is 14.4 Å². The number of imidazole rings is 1. The zero-order valence-corrected chi connectivity index (χ0v) is 14.8. The van der Waals surface area contributed by atoms with Gasteiger partial charge in [-0.1, -0.05) is 12.1 Å². The summed E-state index contributed by atoms with van der Waals surface area (Å²) in [5.74, 6) is 0.808. The van der Waals surface area contributed by atoms with Crippen molar-refractivity contribution in [1.29, 1.82) is 5.26 Å². The van der Waals surface area contributed by atoms with Crippen LogP contribution in [-0.4, -0.2) is 26.6 Å². The van der Waals surface area contributed by atoms with Gasteiger partial charge in [-0.2, -0.15) is 5.26 Å². The molecule has 0 aliphatic rings. The summed E-state index contributed by atoms with van der Waals surface area (Å²) in [5.41, 5.74) is 5.34. The summed E-state index contributed by atoms with van der Waals surface area (Å²) in [4.78, 5) is 8.55. The lowest BCUT2D eigenvalue weighted by Gasteiger charge is -2.16. The van der Waals surface area contributed by atoms with Crippen LogP contribution < -0.4 is 4.74 Å². The fourth-order valence-corrected chi connectivity index (χ4v) is 3.11. The lowest BCUT2D eigenvalue weighted by atomic mass is 9.98. The normalized spacial score (nSPS) is 10.7.